The topological polar surface area (TPSA) is 58.6 Å². The lowest BCUT2D eigenvalue weighted by Gasteiger charge is -2.31. The Morgan fingerprint density at radius 2 is 1.97 bits per heavy atom. The molecule has 0 spiro atoms. The predicted molar refractivity (Wildman–Crippen MR) is 122 cm³/mol. The monoisotopic (exact) mass is 426 g/mol. The summed E-state index contributed by atoms with van der Waals surface area (Å²) in [5, 5.41) is 3.70. The van der Waals surface area contributed by atoms with E-state index in [0.29, 0.717) is 10.6 Å². The number of hydrogen-bond donors (Lipinski definition) is 1. The van der Waals surface area contributed by atoms with Crippen molar-refractivity contribution in [1.29, 1.82) is 0 Å². The first-order valence-corrected chi connectivity index (χ1v) is 11.7. The number of carbonyl (C=O) groups excluding carboxylic acids is 2. The lowest BCUT2D eigenvalue weighted by Crippen LogP contribution is -2.37. The third-order valence-corrected chi connectivity index (χ3v) is 6.96. The molecule has 0 saturated heterocycles. The number of anilines is 2. The highest BCUT2D eigenvalue weighted by atomic mass is 32.1. The molecule has 1 N–H and O–H groups in total. The molecule has 0 fully saturated rings. The van der Waals surface area contributed by atoms with Crippen LogP contribution in [-0.4, -0.2) is 31.1 Å². The summed E-state index contributed by atoms with van der Waals surface area (Å²) in [7, 11) is 0. The van der Waals surface area contributed by atoms with Gasteiger partial charge < -0.3 is 15.0 Å². The molecule has 1 aliphatic carbocycles. The number of fused-ring (bicyclic) bond motifs is 2. The molecule has 0 saturated carbocycles. The van der Waals surface area contributed by atoms with E-state index in [1.807, 2.05) is 13.8 Å². The van der Waals surface area contributed by atoms with Crippen molar-refractivity contribution in [3.8, 4) is 0 Å². The van der Waals surface area contributed by atoms with E-state index in [1.54, 1.807) is 11.3 Å². The van der Waals surface area contributed by atoms with Crippen LogP contribution in [0.25, 0.3) is 0 Å². The van der Waals surface area contributed by atoms with Crippen LogP contribution in [0.1, 0.15) is 65.0 Å². The average molecular weight is 427 g/mol. The number of esters is 1. The molecule has 160 valence electrons. The van der Waals surface area contributed by atoms with Crippen LogP contribution in [-0.2, 0) is 28.8 Å². The summed E-state index contributed by atoms with van der Waals surface area (Å²) in [6, 6.07) is 6.43. The highest BCUT2D eigenvalue weighted by molar-refractivity contribution is 7.17. The fourth-order valence-corrected chi connectivity index (χ4v) is 5.74. The molecule has 2 heterocycles. The van der Waals surface area contributed by atoms with Crippen LogP contribution in [0.4, 0.5) is 10.7 Å². The Balaban J connectivity index is 1.54. The number of carbonyl (C=O) groups is 2. The number of rotatable bonds is 5. The van der Waals surface area contributed by atoms with Crippen molar-refractivity contribution in [3.05, 3.63) is 45.3 Å². The fourth-order valence-electron chi connectivity index (χ4n) is 4.45. The third kappa shape index (κ3) is 4.38. The molecule has 1 aliphatic heterocycles. The summed E-state index contributed by atoms with van der Waals surface area (Å²) in [5.41, 5.74) is 5.35. The zero-order valence-corrected chi connectivity index (χ0v) is 18.9. The smallest absolute Gasteiger partial charge is 0.341 e. The molecule has 0 bridgehead atoms. The number of nitrogens with one attached hydrogen (secondary N) is 1. The van der Waals surface area contributed by atoms with E-state index in [9.17, 15) is 9.59 Å². The zero-order valence-electron chi connectivity index (χ0n) is 18.0. The van der Waals surface area contributed by atoms with Gasteiger partial charge in [-0.05, 0) is 76.5 Å². The molecule has 0 atom stereocenters. The Labute approximate surface area is 182 Å². The number of benzene rings is 1. The van der Waals surface area contributed by atoms with E-state index in [-0.39, 0.29) is 24.5 Å². The highest BCUT2D eigenvalue weighted by Gasteiger charge is 2.28. The maximum atomic E-state index is 13.0. The molecule has 4 rings (SSSR count). The quantitative estimate of drug-likeness (QED) is 0.692. The molecule has 5 nitrogen and oxygen atoms in total. The van der Waals surface area contributed by atoms with Gasteiger partial charge in [0.25, 0.3) is 0 Å². The largest absolute Gasteiger partial charge is 0.459 e. The van der Waals surface area contributed by atoms with E-state index < -0.39 is 0 Å². The lowest BCUT2D eigenvalue weighted by molar-refractivity contribution is -0.115. The van der Waals surface area contributed by atoms with Gasteiger partial charge in [-0.1, -0.05) is 17.7 Å². The Morgan fingerprint density at radius 3 is 2.77 bits per heavy atom. The average Bonchev–Trinajstić information content (AvgIpc) is 3.05. The highest BCUT2D eigenvalue weighted by Crippen LogP contribution is 2.39. The Morgan fingerprint density at radius 1 is 1.17 bits per heavy atom. The Bertz CT molecular complexity index is 964. The lowest BCUT2D eigenvalue weighted by atomic mass is 9.95. The second-order valence-electron chi connectivity index (χ2n) is 8.57. The van der Waals surface area contributed by atoms with Crippen LogP contribution in [0.3, 0.4) is 0 Å². The third-order valence-electron chi connectivity index (χ3n) is 5.76. The molecule has 1 aromatic heterocycles. The van der Waals surface area contributed by atoms with Crippen molar-refractivity contribution in [3.63, 3.8) is 0 Å². The minimum Gasteiger partial charge on any atom is -0.459 e. The fraction of sp³-hybridized carbons (Fsp3) is 0.500. The summed E-state index contributed by atoms with van der Waals surface area (Å²) in [4.78, 5) is 29.1. The van der Waals surface area contributed by atoms with Crippen molar-refractivity contribution in [2.45, 2.75) is 65.4 Å². The zero-order chi connectivity index (χ0) is 21.3. The Hall–Kier alpha value is -2.34. The van der Waals surface area contributed by atoms with Gasteiger partial charge in [0.2, 0.25) is 5.91 Å². The van der Waals surface area contributed by atoms with Crippen LogP contribution >= 0.6 is 11.3 Å². The molecule has 2 aromatic rings. The maximum absolute atomic E-state index is 13.0. The predicted octanol–water partition coefficient (Wildman–Crippen LogP) is 4.89. The summed E-state index contributed by atoms with van der Waals surface area (Å²) in [6.07, 6.45) is 5.96. The number of aryl methyl sites for hydroxylation is 3. The Kier molecular flexibility index (Phi) is 6.14. The summed E-state index contributed by atoms with van der Waals surface area (Å²) in [5.74, 6) is -0.404. The molecule has 0 unspecified atom stereocenters. The van der Waals surface area contributed by atoms with Crippen molar-refractivity contribution in [1.82, 2.24) is 0 Å². The van der Waals surface area contributed by atoms with Gasteiger partial charge in [-0.15, -0.1) is 11.3 Å². The molecular formula is C24H30N2O3S. The van der Waals surface area contributed by atoms with Crippen molar-refractivity contribution >= 4 is 33.9 Å². The van der Waals surface area contributed by atoms with E-state index >= 15 is 0 Å². The van der Waals surface area contributed by atoms with E-state index in [0.717, 1.165) is 56.3 Å². The van der Waals surface area contributed by atoms with E-state index in [4.69, 9.17) is 4.74 Å². The SMILES string of the molecule is Cc1ccc2c(c1)CCCN2CC(=O)Nc1sc2c(c1C(=O)OC(C)C)CCCC2. The van der Waals surface area contributed by atoms with Crippen molar-refractivity contribution in [2.24, 2.45) is 0 Å². The van der Waals surface area contributed by atoms with Gasteiger partial charge in [0, 0.05) is 17.1 Å². The summed E-state index contributed by atoms with van der Waals surface area (Å²) >= 11 is 1.54. The van der Waals surface area contributed by atoms with Crippen LogP contribution in [0.5, 0.6) is 0 Å². The van der Waals surface area contributed by atoms with E-state index in [1.165, 1.54) is 16.0 Å². The minimum atomic E-state index is -0.321. The standard InChI is InChI=1S/C24H30N2O3S/c1-15(2)29-24(28)22-18-8-4-5-9-20(18)30-23(22)25-21(27)14-26-12-6-7-17-13-16(3)10-11-19(17)26/h10-11,13,15H,4-9,12,14H2,1-3H3,(H,25,27). The normalized spacial score (nSPS) is 15.5. The van der Waals surface area contributed by atoms with Gasteiger partial charge in [0.15, 0.2) is 0 Å². The summed E-state index contributed by atoms with van der Waals surface area (Å²) < 4.78 is 5.50. The number of amides is 1. The number of ether oxygens (including phenoxy) is 1. The molecule has 6 heteroatoms. The molecule has 2 aliphatic rings. The van der Waals surface area contributed by atoms with Crippen LogP contribution in [0, 0.1) is 6.92 Å². The first-order valence-electron chi connectivity index (χ1n) is 10.9. The van der Waals surface area contributed by atoms with Crippen LogP contribution < -0.4 is 10.2 Å². The van der Waals surface area contributed by atoms with Gasteiger partial charge in [-0.2, -0.15) is 0 Å². The molecular weight excluding hydrogens is 396 g/mol. The summed E-state index contributed by atoms with van der Waals surface area (Å²) in [6.45, 7) is 6.96. The molecule has 1 aromatic carbocycles. The van der Waals surface area contributed by atoms with Gasteiger partial charge in [0.1, 0.15) is 5.00 Å². The van der Waals surface area contributed by atoms with Gasteiger partial charge in [-0.3, -0.25) is 4.79 Å². The van der Waals surface area contributed by atoms with Gasteiger partial charge in [-0.25, -0.2) is 4.79 Å². The van der Waals surface area contributed by atoms with Gasteiger partial charge in [0.05, 0.1) is 18.2 Å². The van der Waals surface area contributed by atoms with Crippen molar-refractivity contribution < 1.29 is 14.3 Å². The van der Waals surface area contributed by atoms with Crippen molar-refractivity contribution in [2.75, 3.05) is 23.3 Å². The molecule has 0 radical (unpaired) electrons. The number of hydrogen-bond acceptors (Lipinski definition) is 5. The molecule has 1 amide bonds. The van der Waals surface area contributed by atoms with Gasteiger partial charge >= 0.3 is 5.97 Å². The minimum absolute atomic E-state index is 0.0828. The molecule has 30 heavy (non-hydrogen) atoms. The maximum Gasteiger partial charge on any atom is 0.341 e. The number of nitrogens with zero attached hydrogens (tertiary/aromatic N) is 1. The first kappa shape index (κ1) is 20.9. The van der Waals surface area contributed by atoms with Crippen LogP contribution in [0.2, 0.25) is 0 Å². The second-order valence-corrected chi connectivity index (χ2v) is 9.68. The van der Waals surface area contributed by atoms with Crippen LogP contribution in [0.15, 0.2) is 18.2 Å². The number of thiophene rings is 1. The van der Waals surface area contributed by atoms with E-state index in [2.05, 4.69) is 35.3 Å². The first-order chi connectivity index (χ1) is 14.4. The second kappa shape index (κ2) is 8.80.